The van der Waals surface area contributed by atoms with Crippen molar-refractivity contribution in [3.63, 3.8) is 0 Å². The summed E-state index contributed by atoms with van der Waals surface area (Å²) in [5.74, 6) is 0.520. The fourth-order valence-corrected chi connectivity index (χ4v) is 3.85. The van der Waals surface area contributed by atoms with Gasteiger partial charge in [-0.1, -0.05) is 49.6 Å². The molecule has 2 saturated heterocycles. The third-order valence-corrected chi connectivity index (χ3v) is 5.25. The van der Waals surface area contributed by atoms with Crippen molar-refractivity contribution in [2.24, 2.45) is 5.73 Å². The molecular formula is C19H29N3O. The van der Waals surface area contributed by atoms with E-state index in [1.165, 1.54) is 37.7 Å². The Morgan fingerprint density at radius 1 is 1.00 bits per heavy atom. The van der Waals surface area contributed by atoms with Gasteiger partial charge in [0.25, 0.3) is 0 Å². The Morgan fingerprint density at radius 2 is 1.65 bits per heavy atom. The third-order valence-electron chi connectivity index (χ3n) is 5.25. The Kier molecular flexibility index (Phi) is 5.68. The predicted octanol–water partition coefficient (Wildman–Crippen LogP) is 2.21. The van der Waals surface area contributed by atoms with E-state index in [1.54, 1.807) is 0 Å². The summed E-state index contributed by atoms with van der Waals surface area (Å²) in [6.45, 7) is 4.14. The van der Waals surface area contributed by atoms with E-state index < -0.39 is 0 Å². The number of carbonyl (C=O) groups excluding carboxylic acids is 1. The van der Waals surface area contributed by atoms with Crippen LogP contribution >= 0.6 is 0 Å². The van der Waals surface area contributed by atoms with Crippen molar-refractivity contribution in [1.29, 1.82) is 0 Å². The molecule has 0 unspecified atom stereocenters. The molecule has 0 spiro atoms. The summed E-state index contributed by atoms with van der Waals surface area (Å²) in [5, 5.41) is 0. The Hall–Kier alpha value is -1.39. The number of carbonyl (C=O) groups is 1. The fourth-order valence-electron chi connectivity index (χ4n) is 3.85. The second kappa shape index (κ2) is 7.93. The summed E-state index contributed by atoms with van der Waals surface area (Å²) >= 11 is 0. The second-order valence-corrected chi connectivity index (χ2v) is 7.02. The van der Waals surface area contributed by atoms with E-state index in [4.69, 9.17) is 5.73 Å². The van der Waals surface area contributed by atoms with Gasteiger partial charge in [0.1, 0.15) is 0 Å². The maximum Gasteiger partial charge on any atom is 0.236 e. The standard InChI is InChI=1S/C19H29N3O/c20-18-14-22(13-17(18)16-9-5-4-6-10-16)19(23)15-21-11-7-2-1-3-8-12-21/h4-6,9-10,17-18H,1-3,7-8,11-15,20H2/t17-,18+/m1/s1. The van der Waals surface area contributed by atoms with Crippen LogP contribution in [-0.4, -0.2) is 54.5 Å². The SMILES string of the molecule is N[C@H]1CN(C(=O)CN2CCCCCCC2)C[C@@H]1c1ccccc1. The molecule has 2 N–H and O–H groups in total. The van der Waals surface area contributed by atoms with Crippen molar-refractivity contribution < 1.29 is 4.79 Å². The van der Waals surface area contributed by atoms with E-state index >= 15 is 0 Å². The lowest BCUT2D eigenvalue weighted by atomic mass is 9.95. The Morgan fingerprint density at radius 3 is 2.35 bits per heavy atom. The summed E-state index contributed by atoms with van der Waals surface area (Å²) in [5.41, 5.74) is 7.56. The Labute approximate surface area is 139 Å². The number of nitrogens with zero attached hydrogens (tertiary/aromatic N) is 2. The van der Waals surface area contributed by atoms with Gasteiger partial charge in [0.15, 0.2) is 0 Å². The first-order chi connectivity index (χ1) is 11.2. The van der Waals surface area contributed by atoms with E-state index in [0.29, 0.717) is 13.1 Å². The molecule has 4 heteroatoms. The normalized spacial score (nSPS) is 26.7. The van der Waals surface area contributed by atoms with Crippen LogP contribution in [-0.2, 0) is 4.79 Å². The lowest BCUT2D eigenvalue weighted by Crippen LogP contribution is -2.41. The largest absolute Gasteiger partial charge is 0.339 e. The number of nitrogens with two attached hydrogens (primary N) is 1. The van der Waals surface area contributed by atoms with E-state index in [1.807, 2.05) is 23.1 Å². The van der Waals surface area contributed by atoms with Crippen molar-refractivity contribution in [3.05, 3.63) is 35.9 Å². The van der Waals surface area contributed by atoms with Crippen molar-refractivity contribution in [2.75, 3.05) is 32.7 Å². The highest BCUT2D eigenvalue weighted by molar-refractivity contribution is 5.78. The van der Waals surface area contributed by atoms with E-state index in [9.17, 15) is 4.79 Å². The lowest BCUT2D eigenvalue weighted by Gasteiger charge is -2.26. The lowest BCUT2D eigenvalue weighted by molar-refractivity contribution is -0.131. The van der Waals surface area contributed by atoms with Crippen LogP contribution in [0.1, 0.15) is 43.6 Å². The first-order valence-electron chi connectivity index (χ1n) is 9.04. The summed E-state index contributed by atoms with van der Waals surface area (Å²) in [6.07, 6.45) is 6.39. The number of benzene rings is 1. The van der Waals surface area contributed by atoms with Crippen molar-refractivity contribution >= 4 is 5.91 Å². The van der Waals surface area contributed by atoms with Crippen LogP contribution in [0.3, 0.4) is 0 Å². The molecule has 126 valence electrons. The molecule has 2 heterocycles. The molecule has 23 heavy (non-hydrogen) atoms. The monoisotopic (exact) mass is 315 g/mol. The number of rotatable bonds is 3. The highest BCUT2D eigenvalue weighted by Crippen LogP contribution is 2.26. The molecule has 2 aliphatic rings. The molecule has 2 atom stereocenters. The average Bonchev–Trinajstić information content (AvgIpc) is 2.93. The number of likely N-dealkylation sites (tertiary alicyclic amines) is 2. The van der Waals surface area contributed by atoms with E-state index in [0.717, 1.165) is 19.6 Å². The molecule has 0 aliphatic carbocycles. The maximum atomic E-state index is 12.7. The van der Waals surface area contributed by atoms with Gasteiger partial charge in [-0.2, -0.15) is 0 Å². The molecule has 0 bridgehead atoms. The third kappa shape index (κ3) is 4.33. The van der Waals surface area contributed by atoms with E-state index in [-0.39, 0.29) is 17.9 Å². The number of amides is 1. The van der Waals surface area contributed by atoms with Crippen LogP contribution < -0.4 is 5.73 Å². The molecule has 0 radical (unpaired) electrons. The molecule has 4 nitrogen and oxygen atoms in total. The second-order valence-electron chi connectivity index (χ2n) is 7.02. The van der Waals surface area contributed by atoms with Gasteiger partial charge in [-0.15, -0.1) is 0 Å². The molecule has 0 aromatic heterocycles. The van der Waals surface area contributed by atoms with Crippen molar-refractivity contribution in [2.45, 2.75) is 44.1 Å². The number of hydrogen-bond donors (Lipinski definition) is 1. The van der Waals surface area contributed by atoms with Gasteiger partial charge in [0.2, 0.25) is 5.91 Å². The summed E-state index contributed by atoms with van der Waals surface area (Å²) in [7, 11) is 0. The molecule has 1 aromatic rings. The van der Waals surface area contributed by atoms with Crippen LogP contribution in [0.25, 0.3) is 0 Å². The maximum absolute atomic E-state index is 12.7. The van der Waals surface area contributed by atoms with Gasteiger partial charge < -0.3 is 10.6 Å². The minimum atomic E-state index is 0.0497. The fraction of sp³-hybridized carbons (Fsp3) is 0.632. The van der Waals surface area contributed by atoms with Crippen LogP contribution in [0.15, 0.2) is 30.3 Å². The topological polar surface area (TPSA) is 49.6 Å². The van der Waals surface area contributed by atoms with Crippen molar-refractivity contribution in [1.82, 2.24) is 9.80 Å². The molecule has 3 rings (SSSR count). The van der Waals surface area contributed by atoms with Gasteiger partial charge in [0.05, 0.1) is 6.54 Å². The summed E-state index contributed by atoms with van der Waals surface area (Å²) in [6, 6.07) is 10.4. The smallest absolute Gasteiger partial charge is 0.236 e. The molecule has 1 amide bonds. The minimum Gasteiger partial charge on any atom is -0.339 e. The first kappa shape index (κ1) is 16.5. The molecule has 0 saturated carbocycles. The predicted molar refractivity (Wildman–Crippen MR) is 93.3 cm³/mol. The van der Waals surface area contributed by atoms with Crippen LogP contribution in [0.5, 0.6) is 0 Å². The molecule has 2 aliphatic heterocycles. The molecule has 1 aromatic carbocycles. The minimum absolute atomic E-state index is 0.0497. The highest BCUT2D eigenvalue weighted by atomic mass is 16.2. The van der Waals surface area contributed by atoms with Crippen LogP contribution in [0.2, 0.25) is 0 Å². The number of hydrogen-bond acceptors (Lipinski definition) is 3. The summed E-state index contributed by atoms with van der Waals surface area (Å²) in [4.78, 5) is 17.0. The van der Waals surface area contributed by atoms with Gasteiger partial charge in [-0.05, 0) is 31.5 Å². The van der Waals surface area contributed by atoms with Gasteiger partial charge in [-0.25, -0.2) is 0 Å². The quantitative estimate of drug-likeness (QED) is 0.930. The van der Waals surface area contributed by atoms with Crippen molar-refractivity contribution in [3.8, 4) is 0 Å². The summed E-state index contributed by atoms with van der Waals surface area (Å²) < 4.78 is 0. The van der Waals surface area contributed by atoms with Gasteiger partial charge in [0, 0.05) is 25.0 Å². The molecular weight excluding hydrogens is 286 g/mol. The van der Waals surface area contributed by atoms with Crippen LogP contribution in [0.4, 0.5) is 0 Å². The van der Waals surface area contributed by atoms with Crippen LogP contribution in [0, 0.1) is 0 Å². The highest BCUT2D eigenvalue weighted by Gasteiger charge is 2.34. The average molecular weight is 315 g/mol. The molecule has 2 fully saturated rings. The zero-order chi connectivity index (χ0) is 16.1. The zero-order valence-corrected chi connectivity index (χ0v) is 14.0. The van der Waals surface area contributed by atoms with E-state index in [2.05, 4.69) is 17.0 Å². The van der Waals surface area contributed by atoms with Gasteiger partial charge in [-0.3, -0.25) is 9.69 Å². The van der Waals surface area contributed by atoms with Gasteiger partial charge >= 0.3 is 0 Å². The Balaban J connectivity index is 1.56. The Bertz CT molecular complexity index is 497. The first-order valence-corrected chi connectivity index (χ1v) is 9.04. The zero-order valence-electron chi connectivity index (χ0n) is 14.0.